The van der Waals surface area contributed by atoms with Crippen molar-refractivity contribution < 1.29 is 14.7 Å². The number of Topliss-reactive ketones (excluding diaryl/α,β-unsaturated/α-hetero) is 1. The predicted octanol–water partition coefficient (Wildman–Crippen LogP) is 1.60. The molecule has 0 bridgehead atoms. The van der Waals surface area contributed by atoms with E-state index in [1.807, 2.05) is 0 Å². The summed E-state index contributed by atoms with van der Waals surface area (Å²) in [5.74, 6) is -2.00. The van der Waals surface area contributed by atoms with E-state index in [1.165, 1.54) is 0 Å². The standard InChI is InChI=1S/C7H11BrO3/c8-5-3-1-2-4-6(9)7(10)11/h1-5H2,(H,10,11). The molecule has 0 spiro atoms. The molecule has 64 valence electrons. The fourth-order valence-corrected chi connectivity index (χ4v) is 1.06. The SMILES string of the molecule is O=C(O)C(=O)CCCCCBr. The van der Waals surface area contributed by atoms with Crippen molar-refractivity contribution in [2.75, 3.05) is 5.33 Å². The number of carbonyl (C=O) groups excluding carboxylic acids is 1. The van der Waals surface area contributed by atoms with Crippen LogP contribution in [0.15, 0.2) is 0 Å². The van der Waals surface area contributed by atoms with Crippen LogP contribution >= 0.6 is 15.9 Å². The van der Waals surface area contributed by atoms with E-state index in [4.69, 9.17) is 5.11 Å². The monoisotopic (exact) mass is 222 g/mol. The van der Waals surface area contributed by atoms with Crippen molar-refractivity contribution >= 4 is 27.7 Å². The van der Waals surface area contributed by atoms with Crippen molar-refractivity contribution in [3.63, 3.8) is 0 Å². The molecule has 0 heterocycles. The average Bonchev–Trinajstić information content (AvgIpc) is 1.97. The van der Waals surface area contributed by atoms with Crippen molar-refractivity contribution in [2.24, 2.45) is 0 Å². The van der Waals surface area contributed by atoms with Crippen LogP contribution in [0.1, 0.15) is 25.7 Å². The molecular weight excluding hydrogens is 212 g/mol. The Morgan fingerprint density at radius 2 is 1.82 bits per heavy atom. The largest absolute Gasteiger partial charge is 0.476 e. The normalized spacial score (nSPS) is 9.55. The minimum Gasteiger partial charge on any atom is -0.476 e. The van der Waals surface area contributed by atoms with Gasteiger partial charge in [-0.05, 0) is 12.8 Å². The van der Waals surface area contributed by atoms with Gasteiger partial charge in [-0.2, -0.15) is 0 Å². The molecule has 0 fully saturated rings. The van der Waals surface area contributed by atoms with E-state index in [0.717, 1.165) is 18.2 Å². The first-order valence-corrected chi connectivity index (χ1v) is 4.62. The van der Waals surface area contributed by atoms with Crippen molar-refractivity contribution in [2.45, 2.75) is 25.7 Å². The summed E-state index contributed by atoms with van der Waals surface area (Å²) in [6.45, 7) is 0. The Bertz CT molecular complexity index is 145. The minimum atomic E-state index is -1.32. The second-order valence-electron chi connectivity index (χ2n) is 2.23. The molecule has 0 rings (SSSR count). The Labute approximate surface area is 73.9 Å². The number of rotatable bonds is 6. The summed E-state index contributed by atoms with van der Waals surface area (Å²) in [4.78, 5) is 20.5. The number of hydrogen-bond donors (Lipinski definition) is 1. The van der Waals surface area contributed by atoms with Gasteiger partial charge >= 0.3 is 5.97 Å². The first-order chi connectivity index (χ1) is 5.18. The fourth-order valence-electron chi connectivity index (χ4n) is 0.664. The van der Waals surface area contributed by atoms with E-state index >= 15 is 0 Å². The summed E-state index contributed by atoms with van der Waals surface area (Å²) in [6.07, 6.45) is 2.75. The second-order valence-corrected chi connectivity index (χ2v) is 3.02. The van der Waals surface area contributed by atoms with Crippen LogP contribution in [-0.4, -0.2) is 22.2 Å². The molecular formula is C7H11BrO3. The number of carboxylic acid groups (broad SMARTS) is 1. The molecule has 0 unspecified atom stereocenters. The van der Waals surface area contributed by atoms with Gasteiger partial charge in [-0.25, -0.2) is 4.79 Å². The molecule has 0 aromatic heterocycles. The van der Waals surface area contributed by atoms with E-state index in [9.17, 15) is 9.59 Å². The lowest BCUT2D eigenvalue weighted by Crippen LogP contribution is -2.11. The third kappa shape index (κ3) is 6.04. The van der Waals surface area contributed by atoms with Crippen LogP contribution in [0.4, 0.5) is 0 Å². The molecule has 0 aliphatic carbocycles. The van der Waals surface area contributed by atoms with Crippen molar-refractivity contribution in [1.82, 2.24) is 0 Å². The van der Waals surface area contributed by atoms with Crippen LogP contribution in [0.3, 0.4) is 0 Å². The van der Waals surface area contributed by atoms with Gasteiger partial charge in [0, 0.05) is 11.8 Å². The van der Waals surface area contributed by atoms with Crippen LogP contribution in [0, 0.1) is 0 Å². The highest BCUT2D eigenvalue weighted by Crippen LogP contribution is 2.02. The molecule has 0 saturated heterocycles. The van der Waals surface area contributed by atoms with Crippen molar-refractivity contribution in [3.05, 3.63) is 0 Å². The third-order valence-corrected chi connectivity index (χ3v) is 1.84. The maximum absolute atomic E-state index is 10.5. The highest BCUT2D eigenvalue weighted by Gasteiger charge is 2.09. The maximum Gasteiger partial charge on any atom is 0.372 e. The molecule has 0 aliphatic rings. The number of halogens is 1. The summed E-state index contributed by atoms with van der Waals surface area (Å²) >= 11 is 3.24. The first kappa shape index (κ1) is 10.6. The maximum atomic E-state index is 10.5. The van der Waals surface area contributed by atoms with Gasteiger partial charge in [0.2, 0.25) is 5.78 Å². The van der Waals surface area contributed by atoms with E-state index in [-0.39, 0.29) is 6.42 Å². The summed E-state index contributed by atoms with van der Waals surface area (Å²) in [6, 6.07) is 0. The summed E-state index contributed by atoms with van der Waals surface area (Å²) in [7, 11) is 0. The van der Waals surface area contributed by atoms with E-state index < -0.39 is 11.8 Å². The zero-order valence-corrected chi connectivity index (χ0v) is 7.76. The summed E-state index contributed by atoms with van der Waals surface area (Å²) < 4.78 is 0. The van der Waals surface area contributed by atoms with Crippen LogP contribution in [0.2, 0.25) is 0 Å². The highest BCUT2D eigenvalue weighted by atomic mass is 79.9. The Hall–Kier alpha value is -0.380. The highest BCUT2D eigenvalue weighted by molar-refractivity contribution is 9.09. The van der Waals surface area contributed by atoms with E-state index in [0.29, 0.717) is 6.42 Å². The fraction of sp³-hybridized carbons (Fsp3) is 0.714. The number of hydrogen-bond acceptors (Lipinski definition) is 2. The lowest BCUT2D eigenvalue weighted by atomic mass is 10.1. The lowest BCUT2D eigenvalue weighted by molar-refractivity contribution is -0.149. The first-order valence-electron chi connectivity index (χ1n) is 3.50. The predicted molar refractivity (Wildman–Crippen MR) is 44.9 cm³/mol. The molecule has 0 amide bonds. The third-order valence-electron chi connectivity index (χ3n) is 1.28. The van der Waals surface area contributed by atoms with Gasteiger partial charge in [0.05, 0.1) is 0 Å². The zero-order valence-electron chi connectivity index (χ0n) is 6.18. The van der Waals surface area contributed by atoms with Crippen LogP contribution < -0.4 is 0 Å². The number of aliphatic carboxylic acids is 1. The van der Waals surface area contributed by atoms with E-state index in [2.05, 4.69) is 15.9 Å². The molecule has 0 aliphatic heterocycles. The summed E-state index contributed by atoms with van der Waals surface area (Å²) in [5, 5.41) is 9.09. The molecule has 1 N–H and O–H groups in total. The Kier molecular flexibility index (Phi) is 6.12. The quantitative estimate of drug-likeness (QED) is 0.422. The van der Waals surface area contributed by atoms with Gasteiger partial charge in [-0.15, -0.1) is 0 Å². The van der Waals surface area contributed by atoms with E-state index in [1.54, 1.807) is 0 Å². The van der Waals surface area contributed by atoms with Crippen LogP contribution in [0.25, 0.3) is 0 Å². The number of carbonyl (C=O) groups is 2. The second kappa shape index (κ2) is 6.34. The molecule has 0 aromatic rings. The van der Waals surface area contributed by atoms with Crippen LogP contribution in [0.5, 0.6) is 0 Å². The van der Waals surface area contributed by atoms with Gasteiger partial charge in [0.1, 0.15) is 0 Å². The zero-order chi connectivity index (χ0) is 8.69. The lowest BCUT2D eigenvalue weighted by Gasteiger charge is -1.94. The average molecular weight is 223 g/mol. The molecule has 3 nitrogen and oxygen atoms in total. The molecule has 0 saturated carbocycles. The van der Waals surface area contributed by atoms with Gasteiger partial charge in [0.25, 0.3) is 0 Å². The number of carboxylic acids is 1. The summed E-state index contributed by atoms with van der Waals surface area (Å²) in [5.41, 5.74) is 0. The van der Waals surface area contributed by atoms with Gasteiger partial charge < -0.3 is 5.11 Å². The Morgan fingerprint density at radius 1 is 1.18 bits per heavy atom. The Morgan fingerprint density at radius 3 is 2.27 bits per heavy atom. The van der Waals surface area contributed by atoms with Gasteiger partial charge in [0.15, 0.2) is 0 Å². The number of alkyl halides is 1. The molecule has 0 radical (unpaired) electrons. The molecule has 0 aromatic carbocycles. The molecule has 11 heavy (non-hydrogen) atoms. The topological polar surface area (TPSA) is 54.4 Å². The van der Waals surface area contributed by atoms with Crippen molar-refractivity contribution in [3.8, 4) is 0 Å². The van der Waals surface area contributed by atoms with Gasteiger partial charge in [-0.3, -0.25) is 4.79 Å². The van der Waals surface area contributed by atoms with Crippen molar-refractivity contribution in [1.29, 1.82) is 0 Å². The number of unbranched alkanes of at least 4 members (excludes halogenated alkanes) is 2. The smallest absolute Gasteiger partial charge is 0.372 e. The molecule has 0 atom stereocenters. The minimum absolute atomic E-state index is 0.169. The Balaban J connectivity index is 3.25. The van der Waals surface area contributed by atoms with Gasteiger partial charge in [-0.1, -0.05) is 22.4 Å². The molecule has 4 heteroatoms. The van der Waals surface area contributed by atoms with Crippen LogP contribution in [-0.2, 0) is 9.59 Å². The number of ketones is 1.